The molecule has 0 bridgehead atoms. The quantitative estimate of drug-likeness (QED) is 0.672. The maximum absolute atomic E-state index is 13.1. The van der Waals surface area contributed by atoms with Crippen LogP contribution >= 0.6 is 23.2 Å². The molecule has 0 saturated heterocycles. The summed E-state index contributed by atoms with van der Waals surface area (Å²) in [5.74, 6) is -0.331. The molecule has 0 radical (unpaired) electrons. The summed E-state index contributed by atoms with van der Waals surface area (Å²) in [6, 6.07) is 14.4. The van der Waals surface area contributed by atoms with Crippen molar-refractivity contribution in [2.45, 2.75) is 52.1 Å². The molecule has 0 unspecified atom stereocenters. The first-order chi connectivity index (χ1) is 13.6. The highest BCUT2D eigenvalue weighted by atomic mass is 35.5. The minimum absolute atomic E-state index is 0.109. The van der Waals surface area contributed by atoms with Crippen LogP contribution in [0, 0.1) is 0 Å². The Kier molecular flexibility index (Phi) is 8.12. The summed E-state index contributed by atoms with van der Waals surface area (Å²) in [5.41, 5.74) is 1.42. The number of rotatable bonds is 7. The molecule has 2 aromatic rings. The topological polar surface area (TPSA) is 49.4 Å². The molecule has 2 amide bonds. The number of amides is 2. The third kappa shape index (κ3) is 7.37. The van der Waals surface area contributed by atoms with Crippen LogP contribution in [0.1, 0.15) is 38.8 Å². The molecule has 4 nitrogen and oxygen atoms in total. The first-order valence-electron chi connectivity index (χ1n) is 9.66. The van der Waals surface area contributed by atoms with Crippen molar-refractivity contribution >= 4 is 35.0 Å². The van der Waals surface area contributed by atoms with Gasteiger partial charge in [-0.2, -0.15) is 0 Å². The number of hydrogen-bond donors (Lipinski definition) is 1. The van der Waals surface area contributed by atoms with Crippen LogP contribution in [0.3, 0.4) is 0 Å². The van der Waals surface area contributed by atoms with Gasteiger partial charge in [-0.25, -0.2) is 0 Å². The van der Waals surface area contributed by atoms with Crippen molar-refractivity contribution in [3.63, 3.8) is 0 Å². The lowest BCUT2D eigenvalue weighted by molar-refractivity contribution is -0.140. The summed E-state index contributed by atoms with van der Waals surface area (Å²) in [6.45, 7) is 7.95. The molecule has 0 aliphatic heterocycles. The van der Waals surface area contributed by atoms with Gasteiger partial charge in [0.05, 0.1) is 6.42 Å². The van der Waals surface area contributed by atoms with E-state index in [1.807, 2.05) is 51.1 Å². The second-order valence-corrected chi connectivity index (χ2v) is 8.99. The predicted molar refractivity (Wildman–Crippen MR) is 119 cm³/mol. The van der Waals surface area contributed by atoms with E-state index in [-0.39, 0.29) is 23.8 Å². The largest absolute Gasteiger partial charge is 0.350 e. The molecule has 0 aromatic heterocycles. The number of carbonyl (C=O) groups excluding carboxylic acids is 2. The van der Waals surface area contributed by atoms with Gasteiger partial charge in [0.25, 0.3) is 0 Å². The van der Waals surface area contributed by atoms with Crippen LogP contribution in [0.5, 0.6) is 0 Å². The third-order valence-electron chi connectivity index (χ3n) is 4.51. The first-order valence-corrected chi connectivity index (χ1v) is 10.4. The normalized spacial score (nSPS) is 12.3. The number of nitrogens with zero attached hydrogens (tertiary/aromatic N) is 1. The fourth-order valence-corrected chi connectivity index (χ4v) is 3.45. The van der Waals surface area contributed by atoms with E-state index in [1.54, 1.807) is 30.0 Å². The standard InChI is InChI=1S/C23H28Cl2N2O2/c1-16(22(29)26-23(2,3)4)27(13-12-17-8-6-5-7-9-17)21(28)14-18-10-11-19(24)15-20(18)25/h5-11,15-16H,12-14H2,1-4H3,(H,26,29)/t16-/m1/s1. The SMILES string of the molecule is C[C@H](C(=O)NC(C)(C)C)N(CCc1ccccc1)C(=O)Cc1ccc(Cl)cc1Cl. The van der Waals surface area contributed by atoms with Gasteiger partial charge in [0, 0.05) is 22.1 Å². The van der Waals surface area contributed by atoms with Crippen LogP contribution in [0.15, 0.2) is 48.5 Å². The lowest BCUT2D eigenvalue weighted by Gasteiger charge is -2.31. The molecule has 156 valence electrons. The van der Waals surface area contributed by atoms with Gasteiger partial charge in [-0.15, -0.1) is 0 Å². The van der Waals surface area contributed by atoms with Crippen molar-refractivity contribution in [1.29, 1.82) is 0 Å². The van der Waals surface area contributed by atoms with E-state index in [9.17, 15) is 9.59 Å². The third-order valence-corrected chi connectivity index (χ3v) is 5.09. The molecule has 6 heteroatoms. The van der Waals surface area contributed by atoms with Crippen molar-refractivity contribution in [3.8, 4) is 0 Å². The highest BCUT2D eigenvalue weighted by Crippen LogP contribution is 2.22. The fraction of sp³-hybridized carbons (Fsp3) is 0.391. The van der Waals surface area contributed by atoms with E-state index in [2.05, 4.69) is 5.32 Å². The van der Waals surface area contributed by atoms with Gasteiger partial charge in [0.15, 0.2) is 0 Å². The zero-order chi connectivity index (χ0) is 21.6. The van der Waals surface area contributed by atoms with Crippen LogP contribution in [0.4, 0.5) is 0 Å². The van der Waals surface area contributed by atoms with E-state index in [1.165, 1.54) is 0 Å². The van der Waals surface area contributed by atoms with Crippen molar-refractivity contribution in [1.82, 2.24) is 10.2 Å². The molecular formula is C23H28Cl2N2O2. The van der Waals surface area contributed by atoms with Crippen LogP contribution < -0.4 is 5.32 Å². The molecule has 0 heterocycles. The van der Waals surface area contributed by atoms with Gasteiger partial charge >= 0.3 is 0 Å². The van der Waals surface area contributed by atoms with Gasteiger partial charge < -0.3 is 10.2 Å². The van der Waals surface area contributed by atoms with Crippen molar-refractivity contribution in [2.75, 3.05) is 6.54 Å². The lowest BCUT2D eigenvalue weighted by atomic mass is 10.1. The molecule has 0 fully saturated rings. The molecule has 0 aliphatic rings. The van der Waals surface area contributed by atoms with Gasteiger partial charge in [-0.1, -0.05) is 59.6 Å². The summed E-state index contributed by atoms with van der Waals surface area (Å²) in [6.07, 6.45) is 0.770. The summed E-state index contributed by atoms with van der Waals surface area (Å²) in [4.78, 5) is 27.5. The minimum atomic E-state index is -0.600. The molecule has 0 saturated carbocycles. The van der Waals surface area contributed by atoms with Gasteiger partial charge in [0.2, 0.25) is 11.8 Å². The Morgan fingerprint density at radius 3 is 2.31 bits per heavy atom. The average Bonchev–Trinajstić information content (AvgIpc) is 2.63. The second kappa shape index (κ2) is 10.1. The molecule has 0 aliphatic carbocycles. The Balaban J connectivity index is 2.19. The lowest BCUT2D eigenvalue weighted by Crippen LogP contribution is -2.53. The zero-order valence-electron chi connectivity index (χ0n) is 17.3. The number of benzene rings is 2. The number of halogens is 2. The first kappa shape index (κ1) is 23.2. The summed E-state index contributed by atoms with van der Waals surface area (Å²) >= 11 is 12.2. The van der Waals surface area contributed by atoms with E-state index in [0.717, 1.165) is 5.56 Å². The molecule has 2 aromatic carbocycles. The monoisotopic (exact) mass is 434 g/mol. The number of hydrogen-bond acceptors (Lipinski definition) is 2. The molecule has 0 spiro atoms. The van der Waals surface area contributed by atoms with E-state index in [4.69, 9.17) is 23.2 Å². The maximum Gasteiger partial charge on any atom is 0.242 e. The smallest absolute Gasteiger partial charge is 0.242 e. The predicted octanol–water partition coefficient (Wildman–Crippen LogP) is 4.91. The number of nitrogens with one attached hydrogen (secondary N) is 1. The highest BCUT2D eigenvalue weighted by molar-refractivity contribution is 6.35. The van der Waals surface area contributed by atoms with Crippen LogP contribution in [-0.4, -0.2) is 34.8 Å². The molecule has 29 heavy (non-hydrogen) atoms. The number of carbonyl (C=O) groups is 2. The van der Waals surface area contributed by atoms with E-state index in [0.29, 0.717) is 28.6 Å². The molecule has 1 atom stereocenters. The summed E-state index contributed by atoms with van der Waals surface area (Å²) in [7, 11) is 0. The highest BCUT2D eigenvalue weighted by Gasteiger charge is 2.28. The van der Waals surface area contributed by atoms with Gasteiger partial charge in [-0.3, -0.25) is 9.59 Å². The van der Waals surface area contributed by atoms with Crippen LogP contribution in [0.25, 0.3) is 0 Å². The van der Waals surface area contributed by atoms with Crippen molar-refractivity contribution < 1.29 is 9.59 Å². The van der Waals surface area contributed by atoms with Gasteiger partial charge in [-0.05, 0) is 57.4 Å². The Morgan fingerprint density at radius 1 is 1.07 bits per heavy atom. The van der Waals surface area contributed by atoms with E-state index >= 15 is 0 Å². The van der Waals surface area contributed by atoms with Gasteiger partial charge in [0.1, 0.15) is 6.04 Å². The Labute approximate surface area is 183 Å². The Morgan fingerprint density at radius 2 is 1.72 bits per heavy atom. The molecule has 1 N–H and O–H groups in total. The zero-order valence-corrected chi connectivity index (χ0v) is 18.8. The van der Waals surface area contributed by atoms with Crippen LogP contribution in [-0.2, 0) is 22.4 Å². The fourth-order valence-electron chi connectivity index (χ4n) is 2.97. The second-order valence-electron chi connectivity index (χ2n) is 8.15. The Bertz CT molecular complexity index is 848. The Hall–Kier alpha value is -2.04. The average molecular weight is 435 g/mol. The van der Waals surface area contributed by atoms with E-state index < -0.39 is 6.04 Å². The van der Waals surface area contributed by atoms with Crippen molar-refractivity contribution in [2.24, 2.45) is 0 Å². The van der Waals surface area contributed by atoms with Crippen molar-refractivity contribution in [3.05, 3.63) is 69.7 Å². The molecule has 2 rings (SSSR count). The minimum Gasteiger partial charge on any atom is -0.350 e. The summed E-state index contributed by atoms with van der Waals surface area (Å²) < 4.78 is 0. The summed E-state index contributed by atoms with van der Waals surface area (Å²) in [5, 5.41) is 3.92. The van der Waals surface area contributed by atoms with Crippen LogP contribution in [0.2, 0.25) is 10.0 Å². The molecular weight excluding hydrogens is 407 g/mol. The maximum atomic E-state index is 13.1.